The first-order chi connectivity index (χ1) is 16.4. The third-order valence-corrected chi connectivity index (χ3v) is 5.64. The zero-order valence-corrected chi connectivity index (χ0v) is 19.3. The number of halogens is 1. The number of nitrogens with one attached hydrogen (secondary N) is 1. The summed E-state index contributed by atoms with van der Waals surface area (Å²) < 4.78 is 10.7. The molecule has 7 nitrogen and oxygen atoms in total. The van der Waals surface area contributed by atoms with Gasteiger partial charge in [-0.1, -0.05) is 42.8 Å². The summed E-state index contributed by atoms with van der Waals surface area (Å²) in [5, 5.41) is 2.66. The molecule has 3 aromatic rings. The first-order valence-electron chi connectivity index (χ1n) is 10.5. The molecule has 0 radical (unpaired) electrons. The summed E-state index contributed by atoms with van der Waals surface area (Å²) in [6, 6.07) is 20.2. The van der Waals surface area contributed by atoms with Crippen LogP contribution in [-0.4, -0.2) is 24.9 Å². The van der Waals surface area contributed by atoms with E-state index in [0.717, 1.165) is 16.9 Å². The molecule has 0 spiro atoms. The quantitative estimate of drug-likeness (QED) is 0.296. The molecular formula is C26H21ClN2O5. The lowest BCUT2D eigenvalue weighted by Gasteiger charge is -2.16. The van der Waals surface area contributed by atoms with Gasteiger partial charge in [0.1, 0.15) is 22.2 Å². The Balaban J connectivity index is 1.49. The fourth-order valence-electron chi connectivity index (χ4n) is 3.48. The van der Waals surface area contributed by atoms with Gasteiger partial charge in [0, 0.05) is 11.8 Å². The molecule has 1 aliphatic rings. The van der Waals surface area contributed by atoms with Gasteiger partial charge in [0.05, 0.1) is 18.4 Å². The highest BCUT2D eigenvalue weighted by atomic mass is 35.5. The van der Waals surface area contributed by atoms with Crippen LogP contribution in [0.3, 0.4) is 0 Å². The number of carbonyl (C=O) groups is 3. The number of rotatable bonds is 7. The molecule has 0 saturated carbocycles. The van der Waals surface area contributed by atoms with Gasteiger partial charge in [-0.15, -0.1) is 0 Å². The van der Waals surface area contributed by atoms with Crippen LogP contribution >= 0.6 is 11.6 Å². The summed E-state index contributed by atoms with van der Waals surface area (Å²) in [5.74, 6) is -0.720. The molecule has 0 aliphatic carbocycles. The Morgan fingerprint density at radius 3 is 2.41 bits per heavy atom. The van der Waals surface area contributed by atoms with Crippen LogP contribution in [0.2, 0.25) is 0 Å². The number of hydrogen-bond acceptors (Lipinski definition) is 6. The molecule has 3 aromatic carbocycles. The van der Waals surface area contributed by atoms with E-state index >= 15 is 0 Å². The number of methoxy groups -OCH3 is 1. The highest BCUT2D eigenvalue weighted by Gasteiger charge is 2.39. The molecule has 8 heteroatoms. The third kappa shape index (κ3) is 4.51. The molecule has 172 valence electrons. The Labute approximate surface area is 201 Å². The molecule has 0 bridgehead atoms. The van der Waals surface area contributed by atoms with E-state index in [2.05, 4.69) is 5.32 Å². The van der Waals surface area contributed by atoms with Gasteiger partial charge >= 0.3 is 5.97 Å². The van der Waals surface area contributed by atoms with Crippen LogP contribution in [0.15, 0.2) is 83.5 Å². The molecule has 2 amide bonds. The third-order valence-electron chi connectivity index (χ3n) is 5.28. The maximum absolute atomic E-state index is 13.0. The maximum Gasteiger partial charge on any atom is 0.343 e. The highest BCUT2D eigenvalue weighted by molar-refractivity contribution is 6.53. The SMILES string of the molecule is CCc1ccccc1OC(=O)c1ccc(NC2=C(Cl)C(=O)N(c3cccc(OC)c3)C2=O)cc1. The van der Waals surface area contributed by atoms with Crippen molar-refractivity contribution >= 4 is 40.8 Å². The van der Waals surface area contributed by atoms with Crippen molar-refractivity contribution < 1.29 is 23.9 Å². The molecule has 0 aromatic heterocycles. The van der Waals surface area contributed by atoms with Crippen LogP contribution in [-0.2, 0) is 16.0 Å². The molecule has 1 N–H and O–H groups in total. The Hall–Kier alpha value is -4.10. The second-order valence-corrected chi connectivity index (χ2v) is 7.77. The van der Waals surface area contributed by atoms with Gasteiger partial charge < -0.3 is 14.8 Å². The van der Waals surface area contributed by atoms with E-state index in [0.29, 0.717) is 28.4 Å². The van der Waals surface area contributed by atoms with Crippen LogP contribution in [0.25, 0.3) is 0 Å². The summed E-state index contributed by atoms with van der Waals surface area (Å²) in [7, 11) is 1.49. The predicted octanol–water partition coefficient (Wildman–Crippen LogP) is 4.91. The predicted molar refractivity (Wildman–Crippen MR) is 129 cm³/mol. The van der Waals surface area contributed by atoms with Gasteiger partial charge in [0.15, 0.2) is 0 Å². The van der Waals surface area contributed by atoms with Gasteiger partial charge in [0.25, 0.3) is 11.8 Å². The van der Waals surface area contributed by atoms with Crippen molar-refractivity contribution in [3.05, 3.63) is 94.7 Å². The van der Waals surface area contributed by atoms with Gasteiger partial charge in [-0.25, -0.2) is 9.69 Å². The smallest absolute Gasteiger partial charge is 0.343 e. The molecule has 0 saturated heterocycles. The number of ether oxygens (including phenoxy) is 2. The summed E-state index contributed by atoms with van der Waals surface area (Å²) in [4.78, 5) is 39.1. The number of hydrogen-bond donors (Lipinski definition) is 1. The van der Waals surface area contributed by atoms with Crippen molar-refractivity contribution in [2.24, 2.45) is 0 Å². The Kier molecular flexibility index (Phi) is 6.65. The Morgan fingerprint density at radius 1 is 0.971 bits per heavy atom. The molecule has 34 heavy (non-hydrogen) atoms. The number of imide groups is 1. The molecule has 0 unspecified atom stereocenters. The van der Waals surface area contributed by atoms with Crippen LogP contribution in [0, 0.1) is 0 Å². The molecule has 1 aliphatic heterocycles. The Morgan fingerprint density at radius 2 is 1.71 bits per heavy atom. The number of benzene rings is 3. The molecule has 0 fully saturated rings. The summed E-state index contributed by atoms with van der Waals surface area (Å²) in [6.07, 6.45) is 0.738. The van der Waals surface area contributed by atoms with Gasteiger partial charge in [-0.3, -0.25) is 9.59 Å². The maximum atomic E-state index is 13.0. The summed E-state index contributed by atoms with van der Waals surface area (Å²) in [5.41, 5.74) is 2.04. The van der Waals surface area contributed by atoms with Crippen molar-refractivity contribution in [3.63, 3.8) is 0 Å². The number of nitrogens with zero attached hydrogens (tertiary/aromatic N) is 1. The fraction of sp³-hybridized carbons (Fsp3) is 0.115. The van der Waals surface area contributed by atoms with Crippen LogP contribution in [0.5, 0.6) is 11.5 Å². The first kappa shape index (κ1) is 23.1. The van der Waals surface area contributed by atoms with Crippen LogP contribution in [0.4, 0.5) is 11.4 Å². The van der Waals surface area contributed by atoms with E-state index in [-0.39, 0.29) is 10.7 Å². The fourth-order valence-corrected chi connectivity index (χ4v) is 3.70. The number of anilines is 2. The van der Waals surface area contributed by atoms with Gasteiger partial charge in [-0.2, -0.15) is 0 Å². The lowest BCUT2D eigenvalue weighted by atomic mass is 10.1. The summed E-state index contributed by atoms with van der Waals surface area (Å²) >= 11 is 6.19. The van der Waals surface area contributed by atoms with E-state index in [1.165, 1.54) is 7.11 Å². The first-order valence-corrected chi connectivity index (χ1v) is 10.9. The van der Waals surface area contributed by atoms with E-state index < -0.39 is 17.8 Å². The van der Waals surface area contributed by atoms with Crippen LogP contribution in [0.1, 0.15) is 22.8 Å². The van der Waals surface area contributed by atoms with Crippen LogP contribution < -0.4 is 19.7 Å². The zero-order valence-electron chi connectivity index (χ0n) is 18.5. The average Bonchev–Trinajstić information content (AvgIpc) is 3.07. The lowest BCUT2D eigenvalue weighted by Crippen LogP contribution is -2.32. The van der Waals surface area contributed by atoms with Gasteiger partial charge in [-0.05, 0) is 54.4 Å². The molecular weight excluding hydrogens is 456 g/mol. The van der Waals surface area contributed by atoms with Crippen molar-refractivity contribution in [1.29, 1.82) is 0 Å². The Bertz CT molecular complexity index is 1300. The topological polar surface area (TPSA) is 84.9 Å². The minimum atomic E-state index is -0.641. The number of esters is 1. The van der Waals surface area contributed by atoms with Crippen molar-refractivity contribution in [2.75, 3.05) is 17.3 Å². The highest BCUT2D eigenvalue weighted by Crippen LogP contribution is 2.32. The second-order valence-electron chi connectivity index (χ2n) is 7.39. The van der Waals surface area contributed by atoms with Crippen molar-refractivity contribution in [3.8, 4) is 11.5 Å². The largest absolute Gasteiger partial charge is 0.497 e. The van der Waals surface area contributed by atoms with E-state index in [1.807, 2.05) is 19.1 Å². The number of carbonyl (C=O) groups excluding carboxylic acids is 3. The number of aryl methyl sites for hydroxylation is 1. The zero-order chi connectivity index (χ0) is 24.2. The number of amides is 2. The van der Waals surface area contributed by atoms with E-state index in [9.17, 15) is 14.4 Å². The lowest BCUT2D eigenvalue weighted by molar-refractivity contribution is -0.120. The standard InChI is InChI=1S/C26H21ClN2O5/c1-3-16-7-4-5-10-21(16)34-26(32)17-11-13-18(14-12-17)28-23-22(27)24(30)29(25(23)31)19-8-6-9-20(15-19)33-2/h4-15,28H,3H2,1-2H3. The van der Waals surface area contributed by atoms with Crippen molar-refractivity contribution in [1.82, 2.24) is 0 Å². The second kappa shape index (κ2) is 9.80. The summed E-state index contributed by atoms with van der Waals surface area (Å²) in [6.45, 7) is 1.98. The molecule has 0 atom stereocenters. The average molecular weight is 477 g/mol. The monoisotopic (exact) mass is 476 g/mol. The minimum absolute atomic E-state index is 0.0540. The minimum Gasteiger partial charge on any atom is -0.497 e. The molecule has 4 rings (SSSR count). The van der Waals surface area contributed by atoms with E-state index in [1.54, 1.807) is 60.7 Å². The normalized spacial score (nSPS) is 13.3. The van der Waals surface area contributed by atoms with E-state index in [4.69, 9.17) is 21.1 Å². The van der Waals surface area contributed by atoms with Gasteiger partial charge in [0.2, 0.25) is 0 Å². The number of para-hydroxylation sites is 1. The van der Waals surface area contributed by atoms with Crippen molar-refractivity contribution in [2.45, 2.75) is 13.3 Å². The molecule has 1 heterocycles.